The summed E-state index contributed by atoms with van der Waals surface area (Å²) in [4.78, 5) is 27.8. The molecule has 32 heavy (non-hydrogen) atoms. The number of methoxy groups -OCH3 is 1. The molecule has 1 heterocycles. The fourth-order valence-electron chi connectivity index (χ4n) is 3.76. The zero-order valence-corrected chi connectivity index (χ0v) is 17.9. The van der Waals surface area contributed by atoms with Crippen molar-refractivity contribution >= 4 is 23.5 Å². The summed E-state index contributed by atoms with van der Waals surface area (Å²) in [5.74, 6) is -0.902. The van der Waals surface area contributed by atoms with Gasteiger partial charge in [-0.2, -0.15) is 0 Å². The third-order valence-corrected chi connectivity index (χ3v) is 5.44. The lowest BCUT2D eigenvalue weighted by molar-refractivity contribution is -0.117. The van der Waals surface area contributed by atoms with Gasteiger partial charge in [0.2, 0.25) is 0 Å². The van der Waals surface area contributed by atoms with Crippen LogP contribution in [0.3, 0.4) is 0 Å². The SMILES string of the molecule is COc1ccc([C@@H]2C(C(=O)/C=C/c3ccccc3)=C(O)C(=O)N2c2ccc(C)cc2)cc1. The number of hydrogen-bond acceptors (Lipinski definition) is 4. The fraction of sp³-hybridized carbons (Fsp3) is 0.111. The van der Waals surface area contributed by atoms with Gasteiger partial charge in [0.1, 0.15) is 5.75 Å². The number of carbonyl (C=O) groups is 2. The van der Waals surface area contributed by atoms with Crippen LogP contribution in [0.4, 0.5) is 5.69 Å². The van der Waals surface area contributed by atoms with Crippen LogP contribution in [0.15, 0.2) is 96.3 Å². The molecule has 0 spiro atoms. The number of aliphatic hydroxyl groups is 1. The Kier molecular flexibility index (Phi) is 5.90. The Balaban J connectivity index is 1.78. The molecule has 3 aromatic rings. The molecule has 0 bridgehead atoms. The topological polar surface area (TPSA) is 66.8 Å². The van der Waals surface area contributed by atoms with Gasteiger partial charge in [-0.3, -0.25) is 14.5 Å². The number of anilines is 1. The van der Waals surface area contributed by atoms with E-state index in [4.69, 9.17) is 4.74 Å². The molecule has 5 heteroatoms. The molecule has 4 rings (SSSR count). The van der Waals surface area contributed by atoms with Gasteiger partial charge in [-0.25, -0.2) is 0 Å². The highest BCUT2D eigenvalue weighted by Crippen LogP contribution is 2.41. The molecule has 0 radical (unpaired) electrons. The predicted octanol–water partition coefficient (Wildman–Crippen LogP) is 5.19. The molecule has 1 aliphatic rings. The van der Waals surface area contributed by atoms with E-state index in [9.17, 15) is 14.7 Å². The molecule has 0 saturated carbocycles. The largest absolute Gasteiger partial charge is 0.503 e. The number of aliphatic hydroxyl groups excluding tert-OH is 1. The summed E-state index contributed by atoms with van der Waals surface area (Å²) >= 11 is 0. The first-order chi connectivity index (χ1) is 15.5. The van der Waals surface area contributed by atoms with Crippen molar-refractivity contribution in [2.24, 2.45) is 0 Å². The fourth-order valence-corrected chi connectivity index (χ4v) is 3.76. The summed E-state index contributed by atoms with van der Waals surface area (Å²) in [6.45, 7) is 1.95. The predicted molar refractivity (Wildman–Crippen MR) is 125 cm³/mol. The van der Waals surface area contributed by atoms with E-state index < -0.39 is 23.5 Å². The molecule has 0 saturated heterocycles. The molecule has 0 aromatic heterocycles. The van der Waals surface area contributed by atoms with E-state index in [1.807, 2.05) is 61.5 Å². The summed E-state index contributed by atoms with van der Waals surface area (Å²) < 4.78 is 5.24. The van der Waals surface area contributed by atoms with Gasteiger partial charge in [-0.15, -0.1) is 0 Å². The molecule has 160 valence electrons. The van der Waals surface area contributed by atoms with E-state index >= 15 is 0 Å². The quantitative estimate of drug-likeness (QED) is 0.552. The maximum atomic E-state index is 13.2. The highest BCUT2D eigenvalue weighted by molar-refractivity contribution is 6.19. The summed E-state index contributed by atoms with van der Waals surface area (Å²) in [6, 6.07) is 23.2. The first-order valence-electron chi connectivity index (χ1n) is 10.2. The van der Waals surface area contributed by atoms with Crippen LogP contribution >= 0.6 is 0 Å². The van der Waals surface area contributed by atoms with Crippen LogP contribution in [-0.2, 0) is 9.59 Å². The van der Waals surface area contributed by atoms with Crippen molar-refractivity contribution in [3.8, 4) is 5.75 Å². The van der Waals surface area contributed by atoms with Crippen LogP contribution in [0.25, 0.3) is 6.08 Å². The van der Waals surface area contributed by atoms with Crippen molar-refractivity contribution in [1.29, 1.82) is 0 Å². The second-order valence-electron chi connectivity index (χ2n) is 7.56. The van der Waals surface area contributed by atoms with Gasteiger partial charge in [0, 0.05) is 5.69 Å². The van der Waals surface area contributed by atoms with Gasteiger partial charge in [0.05, 0.1) is 18.7 Å². The smallest absolute Gasteiger partial charge is 0.294 e. The monoisotopic (exact) mass is 425 g/mol. The van der Waals surface area contributed by atoms with Gasteiger partial charge in [0.15, 0.2) is 11.5 Å². The van der Waals surface area contributed by atoms with Crippen LogP contribution in [0, 0.1) is 6.92 Å². The van der Waals surface area contributed by atoms with Gasteiger partial charge >= 0.3 is 0 Å². The summed E-state index contributed by atoms with van der Waals surface area (Å²) in [7, 11) is 1.57. The number of ketones is 1. The van der Waals surface area contributed by atoms with Gasteiger partial charge in [-0.05, 0) is 48.4 Å². The number of benzene rings is 3. The third kappa shape index (κ3) is 4.05. The van der Waals surface area contributed by atoms with Gasteiger partial charge < -0.3 is 9.84 Å². The Labute approximate surface area is 186 Å². The molecule has 5 nitrogen and oxygen atoms in total. The maximum Gasteiger partial charge on any atom is 0.294 e. The highest BCUT2D eigenvalue weighted by Gasteiger charge is 2.43. The standard InChI is InChI=1S/C27H23NO4/c1-18-8-13-21(14-9-18)28-25(20-11-15-22(32-2)16-12-20)24(26(30)27(28)31)23(29)17-10-19-6-4-3-5-7-19/h3-17,25,30H,1-2H3/b17-10+/t25-/m1/s1. The number of aryl methyl sites for hydroxylation is 1. The Morgan fingerprint density at radius 3 is 2.25 bits per heavy atom. The average molecular weight is 425 g/mol. The Hall–Kier alpha value is -4.12. The van der Waals surface area contributed by atoms with Crippen LogP contribution in [-0.4, -0.2) is 23.9 Å². The normalized spacial score (nSPS) is 16.1. The Morgan fingerprint density at radius 2 is 1.62 bits per heavy atom. The number of allylic oxidation sites excluding steroid dienone is 1. The molecule has 1 aliphatic heterocycles. The number of amides is 1. The van der Waals surface area contributed by atoms with E-state index in [0.717, 1.165) is 11.1 Å². The first-order valence-corrected chi connectivity index (χ1v) is 10.2. The van der Waals surface area contributed by atoms with Crippen molar-refractivity contribution in [3.05, 3.63) is 113 Å². The Morgan fingerprint density at radius 1 is 0.969 bits per heavy atom. The van der Waals surface area contributed by atoms with Crippen LogP contribution in [0.5, 0.6) is 5.75 Å². The molecule has 0 unspecified atom stereocenters. The molecular weight excluding hydrogens is 402 g/mol. The minimum absolute atomic E-state index is 0.0490. The van der Waals surface area contributed by atoms with E-state index in [2.05, 4.69) is 0 Å². The second-order valence-corrected chi connectivity index (χ2v) is 7.56. The maximum absolute atomic E-state index is 13.2. The van der Waals surface area contributed by atoms with Crippen LogP contribution in [0.2, 0.25) is 0 Å². The lowest BCUT2D eigenvalue weighted by Gasteiger charge is -2.27. The van der Waals surface area contributed by atoms with Gasteiger partial charge in [-0.1, -0.05) is 66.2 Å². The number of rotatable bonds is 6. The van der Waals surface area contributed by atoms with Crippen LogP contribution in [0.1, 0.15) is 22.7 Å². The minimum atomic E-state index is -0.760. The zero-order valence-electron chi connectivity index (χ0n) is 17.9. The number of ether oxygens (including phenoxy) is 1. The minimum Gasteiger partial charge on any atom is -0.503 e. The average Bonchev–Trinajstić information content (AvgIpc) is 3.09. The number of hydrogen-bond donors (Lipinski definition) is 1. The van der Waals surface area contributed by atoms with Crippen LogP contribution < -0.4 is 9.64 Å². The second kappa shape index (κ2) is 8.94. The first kappa shape index (κ1) is 21.1. The third-order valence-electron chi connectivity index (χ3n) is 5.44. The van der Waals surface area contributed by atoms with E-state index in [1.54, 1.807) is 37.5 Å². The van der Waals surface area contributed by atoms with Crippen molar-refractivity contribution in [2.45, 2.75) is 13.0 Å². The highest BCUT2D eigenvalue weighted by atomic mass is 16.5. The molecule has 1 atom stereocenters. The number of nitrogens with zero attached hydrogens (tertiary/aromatic N) is 1. The summed E-state index contributed by atoms with van der Waals surface area (Å²) in [5.41, 5.74) is 3.23. The molecule has 1 N–H and O–H groups in total. The lowest BCUT2D eigenvalue weighted by Crippen LogP contribution is -2.30. The zero-order chi connectivity index (χ0) is 22.7. The summed E-state index contributed by atoms with van der Waals surface area (Å²) in [6.07, 6.45) is 3.07. The van der Waals surface area contributed by atoms with E-state index in [0.29, 0.717) is 17.0 Å². The molecule has 1 amide bonds. The molecular formula is C27H23NO4. The van der Waals surface area contributed by atoms with Crippen molar-refractivity contribution in [1.82, 2.24) is 0 Å². The molecule has 0 fully saturated rings. The van der Waals surface area contributed by atoms with Crippen molar-refractivity contribution < 1.29 is 19.4 Å². The lowest BCUT2D eigenvalue weighted by atomic mass is 9.95. The number of carbonyl (C=O) groups excluding carboxylic acids is 2. The molecule has 0 aliphatic carbocycles. The van der Waals surface area contributed by atoms with Crippen molar-refractivity contribution in [2.75, 3.05) is 12.0 Å². The van der Waals surface area contributed by atoms with E-state index in [1.165, 1.54) is 11.0 Å². The van der Waals surface area contributed by atoms with Gasteiger partial charge in [0.25, 0.3) is 5.91 Å². The summed E-state index contributed by atoms with van der Waals surface area (Å²) in [5, 5.41) is 10.8. The Bertz CT molecular complexity index is 1190. The van der Waals surface area contributed by atoms with E-state index in [-0.39, 0.29) is 5.57 Å². The molecule has 3 aromatic carbocycles. The van der Waals surface area contributed by atoms with Crippen molar-refractivity contribution in [3.63, 3.8) is 0 Å².